The molecule has 5 nitrogen and oxygen atoms in total. The predicted octanol–water partition coefficient (Wildman–Crippen LogP) is 2.58. The second kappa shape index (κ2) is 9.22. The first-order valence-electron chi connectivity index (χ1n) is 9.49. The summed E-state index contributed by atoms with van der Waals surface area (Å²) >= 11 is 0. The summed E-state index contributed by atoms with van der Waals surface area (Å²) in [6.45, 7) is 6.95. The standard InChI is InChI=1S/C21H29N5/c1-3-18-7-9-19(10-8-18)11-13-24-21(22-2)26-16-14-25(15-17-26)20-6-4-5-12-23-20/h4-10,12H,3,11,13-17H2,1-2H3,(H,22,24). The number of aromatic nitrogens is 1. The average Bonchev–Trinajstić information content (AvgIpc) is 2.72. The van der Waals surface area contributed by atoms with Crippen LogP contribution in [0.1, 0.15) is 18.1 Å². The molecule has 1 aliphatic heterocycles. The molecule has 0 amide bonds. The number of pyridine rings is 1. The molecule has 0 atom stereocenters. The maximum Gasteiger partial charge on any atom is 0.193 e. The topological polar surface area (TPSA) is 43.8 Å². The lowest BCUT2D eigenvalue weighted by molar-refractivity contribution is 0.372. The minimum absolute atomic E-state index is 0.901. The van der Waals surface area contributed by atoms with Crippen LogP contribution in [0.2, 0.25) is 0 Å². The zero-order valence-electron chi connectivity index (χ0n) is 15.9. The molecule has 1 fully saturated rings. The minimum atomic E-state index is 0.901. The summed E-state index contributed by atoms with van der Waals surface area (Å²) in [5.41, 5.74) is 2.76. The lowest BCUT2D eigenvalue weighted by Crippen LogP contribution is -2.53. The first-order chi connectivity index (χ1) is 12.8. The highest BCUT2D eigenvalue weighted by atomic mass is 15.4. The van der Waals surface area contributed by atoms with Crippen LogP contribution in [0.4, 0.5) is 5.82 Å². The van der Waals surface area contributed by atoms with Gasteiger partial charge in [0, 0.05) is 46.0 Å². The van der Waals surface area contributed by atoms with Crippen molar-refractivity contribution in [1.29, 1.82) is 0 Å². The number of aryl methyl sites for hydroxylation is 1. The van der Waals surface area contributed by atoms with Crippen LogP contribution in [0.25, 0.3) is 0 Å². The number of nitrogens with one attached hydrogen (secondary N) is 1. The fourth-order valence-corrected chi connectivity index (χ4v) is 3.28. The highest BCUT2D eigenvalue weighted by molar-refractivity contribution is 5.80. The van der Waals surface area contributed by atoms with Gasteiger partial charge >= 0.3 is 0 Å². The van der Waals surface area contributed by atoms with Gasteiger partial charge in [-0.25, -0.2) is 4.98 Å². The van der Waals surface area contributed by atoms with Crippen LogP contribution in [0.5, 0.6) is 0 Å². The van der Waals surface area contributed by atoms with E-state index in [4.69, 9.17) is 0 Å². The van der Waals surface area contributed by atoms with Gasteiger partial charge in [0.25, 0.3) is 0 Å². The van der Waals surface area contributed by atoms with Gasteiger partial charge in [-0.1, -0.05) is 37.3 Å². The van der Waals surface area contributed by atoms with Gasteiger partial charge in [-0.05, 0) is 36.1 Å². The Labute approximate surface area is 156 Å². The number of rotatable bonds is 5. The number of nitrogens with zero attached hydrogens (tertiary/aromatic N) is 4. The van der Waals surface area contributed by atoms with Crippen LogP contribution in [0.15, 0.2) is 53.7 Å². The summed E-state index contributed by atoms with van der Waals surface area (Å²) in [6, 6.07) is 15.0. The largest absolute Gasteiger partial charge is 0.356 e. The molecule has 2 aromatic rings. The second-order valence-corrected chi connectivity index (χ2v) is 6.56. The minimum Gasteiger partial charge on any atom is -0.356 e. The maximum absolute atomic E-state index is 4.47. The van der Waals surface area contributed by atoms with Crippen molar-refractivity contribution in [3.63, 3.8) is 0 Å². The summed E-state index contributed by atoms with van der Waals surface area (Å²) in [4.78, 5) is 13.6. The molecule has 0 saturated carbocycles. The summed E-state index contributed by atoms with van der Waals surface area (Å²) in [5, 5.41) is 3.51. The number of anilines is 1. The summed E-state index contributed by atoms with van der Waals surface area (Å²) < 4.78 is 0. The first kappa shape index (κ1) is 18.2. The van der Waals surface area contributed by atoms with Gasteiger partial charge in [0.1, 0.15) is 5.82 Å². The third-order valence-corrected chi connectivity index (χ3v) is 4.89. The van der Waals surface area contributed by atoms with Crippen molar-refractivity contribution >= 4 is 11.8 Å². The molecule has 1 saturated heterocycles. The quantitative estimate of drug-likeness (QED) is 0.664. The van der Waals surface area contributed by atoms with Gasteiger partial charge in [0.15, 0.2) is 5.96 Å². The van der Waals surface area contributed by atoms with Crippen molar-refractivity contribution in [3.8, 4) is 0 Å². The van der Waals surface area contributed by atoms with Gasteiger partial charge in [-0.2, -0.15) is 0 Å². The molecule has 1 aromatic heterocycles. The van der Waals surface area contributed by atoms with E-state index in [0.29, 0.717) is 0 Å². The number of piperazine rings is 1. The van der Waals surface area contributed by atoms with E-state index >= 15 is 0 Å². The Balaban J connectivity index is 1.46. The van der Waals surface area contributed by atoms with Crippen LogP contribution >= 0.6 is 0 Å². The third-order valence-electron chi connectivity index (χ3n) is 4.89. The normalized spacial score (nSPS) is 15.2. The molecule has 2 heterocycles. The Kier molecular flexibility index (Phi) is 6.47. The maximum atomic E-state index is 4.47. The monoisotopic (exact) mass is 351 g/mol. The Hall–Kier alpha value is -2.56. The Bertz CT molecular complexity index is 688. The number of aliphatic imine (C=N–C) groups is 1. The van der Waals surface area contributed by atoms with Crippen molar-refractivity contribution in [2.75, 3.05) is 44.7 Å². The molecule has 0 spiro atoms. The van der Waals surface area contributed by atoms with Crippen molar-refractivity contribution in [2.24, 2.45) is 4.99 Å². The molecule has 0 unspecified atom stereocenters. The van der Waals surface area contributed by atoms with Crippen LogP contribution in [0, 0.1) is 0 Å². The smallest absolute Gasteiger partial charge is 0.193 e. The number of hydrogen-bond acceptors (Lipinski definition) is 3. The van der Waals surface area contributed by atoms with E-state index in [-0.39, 0.29) is 0 Å². The van der Waals surface area contributed by atoms with E-state index in [1.54, 1.807) is 0 Å². The Morgan fingerprint density at radius 1 is 1.04 bits per heavy atom. The number of hydrogen-bond donors (Lipinski definition) is 1. The molecule has 0 bridgehead atoms. The van der Waals surface area contributed by atoms with Crippen molar-refractivity contribution in [2.45, 2.75) is 19.8 Å². The molecule has 0 radical (unpaired) electrons. The average molecular weight is 351 g/mol. The van der Waals surface area contributed by atoms with Gasteiger partial charge in [-0.15, -0.1) is 0 Å². The molecule has 3 rings (SSSR count). The van der Waals surface area contributed by atoms with E-state index < -0.39 is 0 Å². The zero-order chi connectivity index (χ0) is 18.2. The summed E-state index contributed by atoms with van der Waals surface area (Å²) in [5.74, 6) is 2.06. The summed E-state index contributed by atoms with van der Waals surface area (Å²) in [7, 11) is 1.86. The molecular formula is C21H29N5. The first-order valence-corrected chi connectivity index (χ1v) is 9.49. The van der Waals surface area contributed by atoms with Gasteiger partial charge in [-0.3, -0.25) is 4.99 Å². The molecule has 1 aromatic carbocycles. The molecule has 5 heteroatoms. The lowest BCUT2D eigenvalue weighted by Gasteiger charge is -2.37. The molecule has 138 valence electrons. The van der Waals surface area contributed by atoms with Gasteiger partial charge < -0.3 is 15.1 Å². The van der Waals surface area contributed by atoms with E-state index in [1.165, 1.54) is 11.1 Å². The molecule has 1 aliphatic rings. The molecule has 26 heavy (non-hydrogen) atoms. The van der Waals surface area contributed by atoms with Crippen molar-refractivity contribution in [3.05, 3.63) is 59.8 Å². The number of guanidine groups is 1. The fraction of sp³-hybridized carbons (Fsp3) is 0.429. The molecule has 1 N–H and O–H groups in total. The van der Waals surface area contributed by atoms with E-state index in [2.05, 4.69) is 62.3 Å². The Morgan fingerprint density at radius 3 is 2.38 bits per heavy atom. The van der Waals surface area contributed by atoms with Crippen LogP contribution in [0.3, 0.4) is 0 Å². The molecular weight excluding hydrogens is 322 g/mol. The third kappa shape index (κ3) is 4.75. The predicted molar refractivity (Wildman–Crippen MR) is 109 cm³/mol. The highest BCUT2D eigenvalue weighted by Gasteiger charge is 2.20. The molecule has 0 aliphatic carbocycles. The second-order valence-electron chi connectivity index (χ2n) is 6.56. The zero-order valence-corrected chi connectivity index (χ0v) is 15.9. The summed E-state index contributed by atoms with van der Waals surface area (Å²) in [6.07, 6.45) is 3.96. The van der Waals surface area contributed by atoms with Gasteiger partial charge in [0.05, 0.1) is 0 Å². The van der Waals surface area contributed by atoms with E-state index in [9.17, 15) is 0 Å². The van der Waals surface area contributed by atoms with E-state index in [1.807, 2.05) is 25.4 Å². The van der Waals surface area contributed by atoms with Crippen molar-refractivity contribution < 1.29 is 0 Å². The van der Waals surface area contributed by atoms with Crippen LogP contribution in [-0.4, -0.2) is 55.6 Å². The van der Waals surface area contributed by atoms with E-state index in [0.717, 1.165) is 57.3 Å². The highest BCUT2D eigenvalue weighted by Crippen LogP contribution is 2.12. The van der Waals surface area contributed by atoms with Crippen molar-refractivity contribution in [1.82, 2.24) is 15.2 Å². The fourth-order valence-electron chi connectivity index (χ4n) is 3.28. The lowest BCUT2D eigenvalue weighted by atomic mass is 10.1. The number of benzene rings is 1. The van der Waals surface area contributed by atoms with Crippen LogP contribution < -0.4 is 10.2 Å². The van der Waals surface area contributed by atoms with Crippen LogP contribution in [-0.2, 0) is 12.8 Å². The Morgan fingerprint density at radius 2 is 1.77 bits per heavy atom. The SMILES string of the molecule is CCc1ccc(CCNC(=NC)N2CCN(c3ccccn3)CC2)cc1. The van der Waals surface area contributed by atoms with Gasteiger partial charge in [0.2, 0.25) is 0 Å².